The zero-order valence-corrected chi connectivity index (χ0v) is 13.2. The van der Waals surface area contributed by atoms with Crippen molar-refractivity contribution in [3.8, 4) is 0 Å². The summed E-state index contributed by atoms with van der Waals surface area (Å²) in [5.41, 5.74) is 2.60. The molecule has 1 N–H and O–H groups in total. The van der Waals surface area contributed by atoms with Crippen LogP contribution < -0.4 is 5.56 Å². The zero-order chi connectivity index (χ0) is 15.8. The average Bonchev–Trinajstić information content (AvgIpc) is 2.98. The first-order valence-corrected chi connectivity index (χ1v) is 8.02. The van der Waals surface area contributed by atoms with Crippen LogP contribution in [0.2, 0.25) is 0 Å². The van der Waals surface area contributed by atoms with Crippen LogP contribution in [-0.4, -0.2) is 52.5 Å². The van der Waals surface area contributed by atoms with E-state index in [0.717, 1.165) is 55.0 Å². The second-order valence-corrected chi connectivity index (χ2v) is 5.99. The number of hydrogen-bond donors (Lipinski definition) is 1. The number of aryl methyl sites for hydroxylation is 1. The fourth-order valence-corrected chi connectivity index (χ4v) is 3.34. The number of fused-ring (bicyclic) bond motifs is 3. The van der Waals surface area contributed by atoms with E-state index in [1.807, 2.05) is 35.8 Å². The van der Waals surface area contributed by atoms with E-state index in [1.165, 1.54) is 0 Å². The SMILES string of the molecule is Cc1n[nH]c2c1c(=O)n(CCN1CCOCC1)c1ccccc21. The molecule has 0 aliphatic carbocycles. The number of H-pyrrole nitrogens is 1. The second kappa shape index (κ2) is 5.79. The van der Waals surface area contributed by atoms with E-state index in [9.17, 15) is 4.79 Å². The van der Waals surface area contributed by atoms with Crippen LogP contribution >= 0.6 is 0 Å². The van der Waals surface area contributed by atoms with Crippen molar-refractivity contribution in [2.45, 2.75) is 13.5 Å². The van der Waals surface area contributed by atoms with Gasteiger partial charge in [0.05, 0.1) is 35.3 Å². The minimum absolute atomic E-state index is 0.0400. The molecule has 0 amide bonds. The molecule has 6 heteroatoms. The lowest BCUT2D eigenvalue weighted by molar-refractivity contribution is 0.0364. The smallest absolute Gasteiger partial charge is 0.262 e. The van der Waals surface area contributed by atoms with Gasteiger partial charge in [0.15, 0.2) is 0 Å². The van der Waals surface area contributed by atoms with Crippen LogP contribution in [0.4, 0.5) is 0 Å². The van der Waals surface area contributed by atoms with Crippen molar-refractivity contribution in [3.05, 3.63) is 40.3 Å². The summed E-state index contributed by atoms with van der Waals surface area (Å²) in [6.45, 7) is 6.82. The summed E-state index contributed by atoms with van der Waals surface area (Å²) in [5.74, 6) is 0. The van der Waals surface area contributed by atoms with Crippen molar-refractivity contribution in [1.29, 1.82) is 0 Å². The van der Waals surface area contributed by atoms with Gasteiger partial charge in [-0.05, 0) is 13.0 Å². The highest BCUT2D eigenvalue weighted by atomic mass is 16.5. The van der Waals surface area contributed by atoms with Gasteiger partial charge < -0.3 is 9.30 Å². The number of nitrogens with one attached hydrogen (secondary N) is 1. The Kier molecular flexibility index (Phi) is 3.63. The van der Waals surface area contributed by atoms with Gasteiger partial charge in [-0.15, -0.1) is 0 Å². The van der Waals surface area contributed by atoms with E-state index in [1.54, 1.807) is 0 Å². The molecule has 6 nitrogen and oxygen atoms in total. The van der Waals surface area contributed by atoms with E-state index in [0.29, 0.717) is 11.9 Å². The lowest BCUT2D eigenvalue weighted by Crippen LogP contribution is -2.39. The number of pyridine rings is 1. The maximum Gasteiger partial charge on any atom is 0.262 e. The van der Waals surface area contributed by atoms with Gasteiger partial charge in [-0.1, -0.05) is 18.2 Å². The topological polar surface area (TPSA) is 63.2 Å². The van der Waals surface area contributed by atoms with Gasteiger partial charge >= 0.3 is 0 Å². The van der Waals surface area contributed by atoms with Gasteiger partial charge in [-0.2, -0.15) is 5.10 Å². The molecule has 1 saturated heterocycles. The molecule has 0 atom stereocenters. The van der Waals surface area contributed by atoms with Gasteiger partial charge in [0, 0.05) is 31.6 Å². The van der Waals surface area contributed by atoms with Crippen LogP contribution in [0, 0.1) is 6.92 Å². The summed E-state index contributed by atoms with van der Waals surface area (Å²) in [6.07, 6.45) is 0. The summed E-state index contributed by atoms with van der Waals surface area (Å²) < 4.78 is 7.27. The molecule has 3 aromatic rings. The van der Waals surface area contributed by atoms with E-state index >= 15 is 0 Å². The minimum Gasteiger partial charge on any atom is -0.379 e. The second-order valence-electron chi connectivity index (χ2n) is 5.99. The zero-order valence-electron chi connectivity index (χ0n) is 13.2. The molecule has 4 rings (SSSR count). The van der Waals surface area contributed by atoms with E-state index in [2.05, 4.69) is 15.1 Å². The first-order valence-electron chi connectivity index (χ1n) is 8.02. The Labute approximate surface area is 133 Å². The van der Waals surface area contributed by atoms with Crippen LogP contribution in [0.15, 0.2) is 29.1 Å². The highest BCUT2D eigenvalue weighted by Gasteiger charge is 2.16. The van der Waals surface area contributed by atoms with Crippen LogP contribution in [0.3, 0.4) is 0 Å². The Morgan fingerprint density at radius 1 is 1.22 bits per heavy atom. The summed E-state index contributed by atoms with van der Waals surface area (Å²) >= 11 is 0. The predicted octanol–water partition coefficient (Wildman–Crippen LogP) is 1.52. The van der Waals surface area contributed by atoms with Gasteiger partial charge in [0.1, 0.15) is 0 Å². The van der Waals surface area contributed by atoms with Crippen LogP contribution in [0.5, 0.6) is 0 Å². The Morgan fingerprint density at radius 2 is 2.00 bits per heavy atom. The molecule has 0 bridgehead atoms. The first-order chi connectivity index (χ1) is 11.3. The van der Waals surface area contributed by atoms with Crippen molar-refractivity contribution >= 4 is 21.8 Å². The van der Waals surface area contributed by atoms with E-state index in [4.69, 9.17) is 4.74 Å². The number of rotatable bonds is 3. The third-order valence-electron chi connectivity index (χ3n) is 4.61. The number of benzene rings is 1. The third-order valence-corrected chi connectivity index (χ3v) is 4.61. The lowest BCUT2D eigenvalue weighted by Gasteiger charge is -2.27. The molecule has 1 aliphatic heterocycles. The van der Waals surface area contributed by atoms with E-state index in [-0.39, 0.29) is 5.56 Å². The summed E-state index contributed by atoms with van der Waals surface area (Å²) in [6, 6.07) is 8.02. The standard InChI is InChI=1S/C17H20N4O2/c1-12-15-16(19-18-12)13-4-2-3-5-14(13)21(17(15)22)7-6-20-8-10-23-11-9-20/h2-5H,6-11H2,1H3,(H,18,19). The molecule has 1 aromatic carbocycles. The van der Waals surface area contributed by atoms with Crippen molar-refractivity contribution in [2.75, 3.05) is 32.8 Å². The highest BCUT2D eigenvalue weighted by molar-refractivity contribution is 6.03. The molecule has 0 unspecified atom stereocenters. The molecular formula is C17H20N4O2. The van der Waals surface area contributed by atoms with Crippen molar-refractivity contribution in [1.82, 2.24) is 19.7 Å². The number of ether oxygens (including phenoxy) is 1. The molecule has 1 fully saturated rings. The average molecular weight is 312 g/mol. The molecular weight excluding hydrogens is 292 g/mol. The van der Waals surface area contributed by atoms with Gasteiger partial charge in [-0.25, -0.2) is 0 Å². The fourth-order valence-electron chi connectivity index (χ4n) is 3.34. The van der Waals surface area contributed by atoms with Crippen molar-refractivity contribution in [3.63, 3.8) is 0 Å². The lowest BCUT2D eigenvalue weighted by atomic mass is 10.1. The molecule has 1 aliphatic rings. The molecule has 0 spiro atoms. The molecule has 0 saturated carbocycles. The Balaban J connectivity index is 1.81. The monoisotopic (exact) mass is 312 g/mol. The number of hydrogen-bond acceptors (Lipinski definition) is 4. The highest BCUT2D eigenvalue weighted by Crippen LogP contribution is 2.22. The third kappa shape index (κ3) is 2.44. The molecule has 120 valence electrons. The quantitative estimate of drug-likeness (QED) is 0.796. The Bertz CT molecular complexity index is 906. The van der Waals surface area contributed by atoms with Gasteiger partial charge in [0.25, 0.3) is 5.56 Å². The summed E-state index contributed by atoms with van der Waals surface area (Å²) in [5, 5.41) is 8.99. The predicted molar refractivity (Wildman–Crippen MR) is 89.9 cm³/mol. The van der Waals surface area contributed by atoms with Crippen LogP contribution in [0.1, 0.15) is 5.69 Å². The van der Waals surface area contributed by atoms with Crippen molar-refractivity contribution < 1.29 is 4.74 Å². The molecule has 0 radical (unpaired) electrons. The van der Waals surface area contributed by atoms with Crippen molar-refractivity contribution in [2.24, 2.45) is 0 Å². The van der Waals surface area contributed by atoms with Crippen LogP contribution in [-0.2, 0) is 11.3 Å². The summed E-state index contributed by atoms with van der Waals surface area (Å²) in [4.78, 5) is 15.3. The number of nitrogens with zero attached hydrogens (tertiary/aromatic N) is 3. The maximum atomic E-state index is 13.0. The van der Waals surface area contributed by atoms with Gasteiger partial charge in [0.2, 0.25) is 0 Å². The fraction of sp³-hybridized carbons (Fsp3) is 0.412. The van der Waals surface area contributed by atoms with Crippen LogP contribution in [0.25, 0.3) is 21.8 Å². The van der Waals surface area contributed by atoms with E-state index < -0.39 is 0 Å². The number of aromatic amines is 1. The number of para-hydroxylation sites is 1. The normalized spacial score (nSPS) is 16.4. The van der Waals surface area contributed by atoms with Gasteiger partial charge in [-0.3, -0.25) is 14.8 Å². The number of morpholine rings is 1. The molecule has 23 heavy (non-hydrogen) atoms. The largest absolute Gasteiger partial charge is 0.379 e. The maximum absolute atomic E-state index is 13.0. The summed E-state index contributed by atoms with van der Waals surface area (Å²) in [7, 11) is 0. The minimum atomic E-state index is 0.0400. The Morgan fingerprint density at radius 3 is 2.83 bits per heavy atom. The number of aromatic nitrogens is 3. The first kappa shape index (κ1) is 14.4. The molecule has 2 aromatic heterocycles. The molecule has 3 heterocycles. The Hall–Kier alpha value is -2.18.